The number of aromatic amines is 1. The summed E-state index contributed by atoms with van der Waals surface area (Å²) in [7, 11) is 1.48. The predicted octanol–water partition coefficient (Wildman–Crippen LogP) is 3.09. The van der Waals surface area contributed by atoms with Crippen molar-refractivity contribution in [1.29, 1.82) is 0 Å². The minimum Gasteiger partial charge on any atom is -0.480 e. The third-order valence-electron chi connectivity index (χ3n) is 6.61. The Morgan fingerprint density at radius 3 is 2.54 bits per heavy atom. The van der Waals surface area contributed by atoms with Gasteiger partial charge in [0.25, 0.3) is 6.01 Å². The van der Waals surface area contributed by atoms with Gasteiger partial charge < -0.3 is 34.3 Å². The molecule has 196 valence electrons. The van der Waals surface area contributed by atoms with Gasteiger partial charge >= 0.3 is 12.0 Å². The number of nitrogens with one attached hydrogen (secondary N) is 1. The molecule has 5 rings (SSSR count). The van der Waals surface area contributed by atoms with E-state index in [0.29, 0.717) is 53.8 Å². The maximum Gasteiger partial charge on any atom is 0.323 e. The molecular formula is C25H29ClN6O5. The lowest BCUT2D eigenvalue weighted by Crippen LogP contribution is -2.48. The van der Waals surface area contributed by atoms with Gasteiger partial charge in [-0.15, -0.1) is 0 Å². The highest BCUT2D eigenvalue weighted by Crippen LogP contribution is 2.31. The smallest absolute Gasteiger partial charge is 0.323 e. The van der Waals surface area contributed by atoms with Crippen LogP contribution in [0.4, 0.5) is 10.5 Å². The van der Waals surface area contributed by atoms with Crippen molar-refractivity contribution in [1.82, 2.24) is 24.8 Å². The third-order valence-corrected chi connectivity index (χ3v) is 6.90. The average Bonchev–Trinajstić information content (AvgIpc) is 3.29. The summed E-state index contributed by atoms with van der Waals surface area (Å²) in [5, 5.41) is 9.41. The summed E-state index contributed by atoms with van der Waals surface area (Å²) in [4.78, 5) is 40.7. The zero-order valence-electron chi connectivity index (χ0n) is 20.5. The van der Waals surface area contributed by atoms with E-state index in [1.807, 2.05) is 12.1 Å². The molecule has 2 fully saturated rings. The van der Waals surface area contributed by atoms with E-state index < -0.39 is 5.97 Å². The molecule has 3 aromatic rings. The van der Waals surface area contributed by atoms with Crippen molar-refractivity contribution in [3.05, 3.63) is 35.4 Å². The first-order valence-corrected chi connectivity index (χ1v) is 12.6. The number of imidazole rings is 1. The number of carbonyl (C=O) groups excluding carboxylic acids is 1. The second-order valence-electron chi connectivity index (χ2n) is 9.21. The van der Waals surface area contributed by atoms with Crippen molar-refractivity contribution >= 4 is 40.5 Å². The molecule has 0 atom stereocenters. The molecule has 0 unspecified atom stereocenters. The van der Waals surface area contributed by atoms with Crippen LogP contribution >= 0.6 is 11.6 Å². The van der Waals surface area contributed by atoms with Crippen molar-refractivity contribution in [2.45, 2.75) is 18.9 Å². The van der Waals surface area contributed by atoms with Gasteiger partial charge in [0.1, 0.15) is 12.6 Å². The number of morpholine rings is 1. The van der Waals surface area contributed by atoms with E-state index in [0.717, 1.165) is 37.6 Å². The van der Waals surface area contributed by atoms with E-state index in [2.05, 4.69) is 32.0 Å². The SMILES string of the molecule is CN(CC(=O)O)C(=O)N1CCC(Oc2nc3nc(-c4ccc(N5CCOCC5)cc4)c(Cl)cc3[nH]2)CC1. The predicted molar refractivity (Wildman–Crippen MR) is 138 cm³/mol. The first-order chi connectivity index (χ1) is 17.9. The Labute approximate surface area is 218 Å². The van der Waals surface area contributed by atoms with Gasteiger partial charge in [-0.05, 0) is 18.2 Å². The molecule has 4 heterocycles. The number of halogens is 1. The standard InChI is InChI=1S/C25H29ClN6O5/c1-30(15-21(33)34)25(35)32-8-6-18(7-9-32)37-24-27-20-14-19(26)22(28-23(20)29-24)16-2-4-17(5-3-16)31-10-12-36-13-11-31/h2-5,14,18H,6-13,15H2,1H3,(H,33,34)(H,27,28,29). The van der Waals surface area contributed by atoms with E-state index >= 15 is 0 Å². The Morgan fingerprint density at radius 1 is 1.16 bits per heavy atom. The van der Waals surface area contributed by atoms with Gasteiger partial charge in [0.15, 0.2) is 5.65 Å². The largest absolute Gasteiger partial charge is 0.480 e. The number of aliphatic carboxylic acids is 1. The first kappa shape index (κ1) is 25.1. The number of aromatic nitrogens is 3. The van der Waals surface area contributed by atoms with Crippen molar-refractivity contribution in [2.75, 3.05) is 57.9 Å². The summed E-state index contributed by atoms with van der Waals surface area (Å²) < 4.78 is 11.5. The summed E-state index contributed by atoms with van der Waals surface area (Å²) in [6.45, 7) is 3.83. The van der Waals surface area contributed by atoms with Crippen LogP contribution in [0.1, 0.15) is 12.8 Å². The van der Waals surface area contributed by atoms with Crippen LogP contribution in [-0.2, 0) is 9.53 Å². The number of likely N-dealkylation sites (N-methyl/N-ethyl adjacent to an activating group) is 1. The number of piperidine rings is 1. The number of carboxylic acid groups (broad SMARTS) is 1. The number of carbonyl (C=O) groups is 2. The number of nitrogens with zero attached hydrogens (tertiary/aromatic N) is 5. The summed E-state index contributed by atoms with van der Waals surface area (Å²) >= 11 is 6.57. The Kier molecular flexibility index (Phi) is 7.33. The molecule has 37 heavy (non-hydrogen) atoms. The van der Waals surface area contributed by atoms with Crippen molar-refractivity contribution in [3.8, 4) is 17.3 Å². The molecular weight excluding hydrogens is 500 g/mol. The first-order valence-electron chi connectivity index (χ1n) is 12.3. The van der Waals surface area contributed by atoms with E-state index in [1.165, 1.54) is 11.9 Å². The number of rotatable bonds is 6. The van der Waals surface area contributed by atoms with Gasteiger partial charge in [0.05, 0.1) is 29.4 Å². The second-order valence-corrected chi connectivity index (χ2v) is 9.62. The fourth-order valence-corrected chi connectivity index (χ4v) is 4.90. The number of hydrogen-bond donors (Lipinski definition) is 2. The lowest BCUT2D eigenvalue weighted by molar-refractivity contribution is -0.137. The minimum absolute atomic E-state index is 0.128. The van der Waals surface area contributed by atoms with Crippen LogP contribution in [0, 0.1) is 0 Å². The summed E-state index contributed by atoms with van der Waals surface area (Å²) in [5.41, 5.74) is 3.88. The number of H-pyrrole nitrogens is 1. The number of amides is 2. The molecule has 2 aliphatic rings. The zero-order chi connectivity index (χ0) is 25.9. The zero-order valence-corrected chi connectivity index (χ0v) is 21.3. The van der Waals surface area contributed by atoms with E-state index in [-0.39, 0.29) is 18.7 Å². The van der Waals surface area contributed by atoms with Crippen LogP contribution in [0.5, 0.6) is 6.01 Å². The second kappa shape index (κ2) is 10.8. The van der Waals surface area contributed by atoms with Gasteiger partial charge in [-0.3, -0.25) is 4.79 Å². The van der Waals surface area contributed by atoms with E-state index in [1.54, 1.807) is 11.0 Å². The number of hydrogen-bond acceptors (Lipinski definition) is 7. The number of fused-ring (bicyclic) bond motifs is 1. The van der Waals surface area contributed by atoms with Crippen molar-refractivity contribution in [3.63, 3.8) is 0 Å². The number of pyridine rings is 1. The maximum atomic E-state index is 12.4. The molecule has 0 bridgehead atoms. The fraction of sp³-hybridized carbons (Fsp3) is 0.440. The summed E-state index contributed by atoms with van der Waals surface area (Å²) in [6.07, 6.45) is 1.09. The molecule has 0 saturated carbocycles. The number of likely N-dealkylation sites (tertiary alicyclic amines) is 1. The molecule has 11 nitrogen and oxygen atoms in total. The number of ether oxygens (including phenoxy) is 2. The molecule has 0 radical (unpaired) electrons. The molecule has 12 heteroatoms. The highest BCUT2D eigenvalue weighted by Gasteiger charge is 2.27. The van der Waals surface area contributed by atoms with E-state index in [4.69, 9.17) is 26.2 Å². The van der Waals surface area contributed by atoms with Crippen LogP contribution in [-0.4, -0.2) is 101 Å². The molecule has 2 aromatic heterocycles. The summed E-state index contributed by atoms with van der Waals surface area (Å²) in [5.74, 6) is -1.04. The Hall–Kier alpha value is -3.57. The van der Waals surface area contributed by atoms with Crippen LogP contribution in [0.3, 0.4) is 0 Å². The number of urea groups is 1. The Bertz CT molecular complexity index is 1270. The van der Waals surface area contributed by atoms with Gasteiger partial charge in [-0.2, -0.15) is 4.98 Å². The monoisotopic (exact) mass is 528 g/mol. The van der Waals surface area contributed by atoms with Crippen LogP contribution < -0.4 is 9.64 Å². The lowest BCUT2D eigenvalue weighted by Gasteiger charge is -2.33. The molecule has 0 aliphatic carbocycles. The normalized spacial score (nSPS) is 16.7. The van der Waals surface area contributed by atoms with Crippen molar-refractivity contribution < 1.29 is 24.2 Å². The lowest BCUT2D eigenvalue weighted by atomic mass is 10.1. The van der Waals surface area contributed by atoms with Crippen LogP contribution in [0.15, 0.2) is 30.3 Å². The Balaban J connectivity index is 1.23. The highest BCUT2D eigenvalue weighted by atomic mass is 35.5. The van der Waals surface area contributed by atoms with Gasteiger partial charge in [0, 0.05) is 57.3 Å². The molecule has 2 N–H and O–H groups in total. The molecule has 2 aliphatic heterocycles. The van der Waals surface area contributed by atoms with Gasteiger partial charge in [0.2, 0.25) is 0 Å². The summed E-state index contributed by atoms with van der Waals surface area (Å²) in [6, 6.07) is 10.0. The van der Waals surface area contributed by atoms with Gasteiger partial charge in [-0.25, -0.2) is 9.78 Å². The van der Waals surface area contributed by atoms with Gasteiger partial charge in [-0.1, -0.05) is 23.7 Å². The topological polar surface area (TPSA) is 124 Å². The van der Waals surface area contributed by atoms with E-state index in [9.17, 15) is 9.59 Å². The molecule has 2 amide bonds. The number of carboxylic acids is 1. The fourth-order valence-electron chi connectivity index (χ4n) is 4.64. The van der Waals surface area contributed by atoms with Crippen LogP contribution in [0.2, 0.25) is 5.02 Å². The van der Waals surface area contributed by atoms with Crippen LogP contribution in [0.25, 0.3) is 22.4 Å². The molecule has 0 spiro atoms. The third kappa shape index (κ3) is 5.72. The maximum absolute atomic E-state index is 12.4. The quantitative estimate of drug-likeness (QED) is 0.500. The van der Waals surface area contributed by atoms with Crippen molar-refractivity contribution in [2.24, 2.45) is 0 Å². The Morgan fingerprint density at radius 2 is 1.86 bits per heavy atom. The number of anilines is 1. The number of benzene rings is 1. The highest BCUT2D eigenvalue weighted by molar-refractivity contribution is 6.33. The average molecular weight is 529 g/mol. The molecule has 1 aromatic carbocycles. The minimum atomic E-state index is -1.04. The molecule has 2 saturated heterocycles.